The molecule has 0 radical (unpaired) electrons. The van der Waals surface area contributed by atoms with Crippen molar-refractivity contribution in [2.75, 3.05) is 13.1 Å². The molecule has 2 rings (SSSR count). The highest BCUT2D eigenvalue weighted by molar-refractivity contribution is 5.92. The Morgan fingerprint density at radius 2 is 2.47 bits per heavy atom. The molecular weight excluding hydrogens is 225 g/mol. The van der Waals surface area contributed by atoms with Gasteiger partial charge in [-0.3, -0.25) is 0 Å². The van der Waals surface area contributed by atoms with Crippen LogP contribution in [0.2, 0.25) is 0 Å². The Kier molecular flexibility index (Phi) is 3.00. The molecule has 2 N–H and O–H groups in total. The van der Waals surface area contributed by atoms with Crippen LogP contribution >= 0.6 is 0 Å². The van der Waals surface area contributed by atoms with Crippen molar-refractivity contribution in [3.05, 3.63) is 23.5 Å². The molecule has 0 aliphatic carbocycles. The summed E-state index contributed by atoms with van der Waals surface area (Å²) in [5, 5.41) is 20.6. The molecule has 2 unspecified atom stereocenters. The Labute approximate surface area is 97.8 Å². The highest BCUT2D eigenvalue weighted by Crippen LogP contribution is 2.24. The third-order valence-electron chi connectivity index (χ3n) is 2.85. The van der Waals surface area contributed by atoms with Gasteiger partial charge in [0.1, 0.15) is 12.2 Å². The number of dihydropyridines is 1. The third-order valence-corrected chi connectivity index (χ3v) is 2.85. The summed E-state index contributed by atoms with van der Waals surface area (Å²) in [7, 11) is 0. The number of nitriles is 1. The van der Waals surface area contributed by atoms with Crippen molar-refractivity contribution in [1.82, 2.24) is 10.2 Å². The first-order valence-electron chi connectivity index (χ1n) is 5.32. The number of halogens is 1. The van der Waals surface area contributed by atoms with E-state index < -0.39 is 18.2 Å². The molecule has 1 fully saturated rings. The fourth-order valence-corrected chi connectivity index (χ4v) is 2.00. The molecule has 2 aliphatic rings. The summed E-state index contributed by atoms with van der Waals surface area (Å²) in [5.41, 5.74) is 0.508. The van der Waals surface area contributed by atoms with Gasteiger partial charge in [0.25, 0.3) is 0 Å². The number of likely N-dealkylation sites (tertiary alicyclic amines) is 1. The van der Waals surface area contributed by atoms with E-state index in [1.807, 2.05) is 6.07 Å². The number of nitrogens with one attached hydrogen (secondary N) is 1. The molecule has 0 bridgehead atoms. The van der Waals surface area contributed by atoms with E-state index in [1.54, 1.807) is 4.90 Å². The molecule has 0 saturated carbocycles. The second-order valence-electron chi connectivity index (χ2n) is 4.02. The number of carbonyl (C=O) groups is 1. The highest BCUT2D eigenvalue weighted by Gasteiger charge is 2.29. The topological polar surface area (TPSA) is 76.4 Å². The van der Waals surface area contributed by atoms with Crippen LogP contribution in [0.25, 0.3) is 0 Å². The Morgan fingerprint density at radius 3 is 3.00 bits per heavy atom. The monoisotopic (exact) mass is 237 g/mol. The molecule has 2 atom stereocenters. The van der Waals surface area contributed by atoms with Crippen molar-refractivity contribution in [2.24, 2.45) is 0 Å². The molecule has 2 heterocycles. The van der Waals surface area contributed by atoms with Gasteiger partial charge in [0.05, 0.1) is 17.3 Å². The number of carboxylic acid groups (broad SMARTS) is 1. The van der Waals surface area contributed by atoms with Crippen LogP contribution in [0.15, 0.2) is 23.5 Å². The van der Waals surface area contributed by atoms with Crippen LogP contribution in [-0.4, -0.2) is 41.3 Å². The van der Waals surface area contributed by atoms with Crippen molar-refractivity contribution in [2.45, 2.75) is 18.6 Å². The van der Waals surface area contributed by atoms with Gasteiger partial charge in [-0.2, -0.15) is 5.26 Å². The number of hydrogen-bond acceptors (Lipinski definition) is 4. The van der Waals surface area contributed by atoms with E-state index in [9.17, 15) is 9.18 Å². The minimum atomic E-state index is -1.10. The second-order valence-corrected chi connectivity index (χ2v) is 4.02. The maximum absolute atomic E-state index is 13.1. The van der Waals surface area contributed by atoms with Crippen LogP contribution in [0.3, 0.4) is 0 Å². The number of aliphatic carboxylic acids is 1. The Hall–Kier alpha value is -2.03. The van der Waals surface area contributed by atoms with E-state index in [0.29, 0.717) is 18.7 Å². The fourth-order valence-electron chi connectivity index (χ4n) is 2.00. The van der Waals surface area contributed by atoms with Crippen LogP contribution in [0, 0.1) is 11.3 Å². The molecule has 2 aliphatic heterocycles. The van der Waals surface area contributed by atoms with Crippen molar-refractivity contribution in [1.29, 1.82) is 5.26 Å². The summed E-state index contributed by atoms with van der Waals surface area (Å²) in [6.45, 7) is 0.700. The number of nitrogens with zero attached hydrogens (tertiary/aromatic N) is 2. The number of carboxylic acids is 1. The normalized spacial score (nSPS) is 27.9. The maximum atomic E-state index is 13.1. The average Bonchev–Trinajstić information content (AvgIpc) is 2.75. The van der Waals surface area contributed by atoms with E-state index in [-0.39, 0.29) is 12.1 Å². The highest BCUT2D eigenvalue weighted by atomic mass is 19.1. The molecule has 0 amide bonds. The largest absolute Gasteiger partial charge is 0.478 e. The SMILES string of the molecule is N#CC1C=C(C(=O)O)C(N2CCC(F)C2)=CN1. The van der Waals surface area contributed by atoms with Crippen LogP contribution in [-0.2, 0) is 4.79 Å². The first-order chi connectivity index (χ1) is 8.11. The number of hydrogen-bond donors (Lipinski definition) is 2. The lowest BCUT2D eigenvalue weighted by Gasteiger charge is -2.25. The van der Waals surface area contributed by atoms with Gasteiger partial charge in [0.2, 0.25) is 0 Å². The molecule has 5 nitrogen and oxygen atoms in total. The quantitative estimate of drug-likeness (QED) is 0.726. The standard InChI is InChI=1S/C11H12FN3O2/c12-7-1-2-15(6-7)10-5-14-8(4-13)3-9(10)11(16)17/h3,5,7-8,14H,1-2,6H2,(H,16,17). The Bertz CT molecular complexity index is 438. The molecular formula is C11H12FN3O2. The van der Waals surface area contributed by atoms with Crippen molar-refractivity contribution in [3.8, 4) is 6.07 Å². The van der Waals surface area contributed by atoms with Crippen molar-refractivity contribution < 1.29 is 14.3 Å². The van der Waals surface area contributed by atoms with Gasteiger partial charge in [-0.05, 0) is 12.5 Å². The molecule has 0 spiro atoms. The zero-order chi connectivity index (χ0) is 12.4. The van der Waals surface area contributed by atoms with Gasteiger partial charge in [-0.1, -0.05) is 0 Å². The molecule has 1 saturated heterocycles. The van der Waals surface area contributed by atoms with Crippen LogP contribution < -0.4 is 5.32 Å². The lowest BCUT2D eigenvalue weighted by molar-refractivity contribution is -0.132. The van der Waals surface area contributed by atoms with E-state index in [4.69, 9.17) is 10.4 Å². The van der Waals surface area contributed by atoms with E-state index in [1.165, 1.54) is 12.3 Å². The molecule has 90 valence electrons. The van der Waals surface area contributed by atoms with Gasteiger partial charge in [-0.25, -0.2) is 9.18 Å². The Balaban J connectivity index is 2.22. The van der Waals surface area contributed by atoms with Gasteiger partial charge < -0.3 is 15.3 Å². The second kappa shape index (κ2) is 4.45. The Morgan fingerprint density at radius 1 is 1.71 bits per heavy atom. The third kappa shape index (κ3) is 2.23. The summed E-state index contributed by atoms with van der Waals surface area (Å²) in [6, 6.07) is 1.28. The molecule has 0 aromatic rings. The minimum Gasteiger partial charge on any atom is -0.478 e. The van der Waals surface area contributed by atoms with Crippen LogP contribution in [0.5, 0.6) is 0 Å². The van der Waals surface area contributed by atoms with Gasteiger partial charge in [0.15, 0.2) is 0 Å². The predicted octanol–water partition coefficient (Wildman–Crippen LogP) is 0.378. The van der Waals surface area contributed by atoms with Gasteiger partial charge in [-0.15, -0.1) is 0 Å². The van der Waals surface area contributed by atoms with Gasteiger partial charge >= 0.3 is 5.97 Å². The number of rotatable bonds is 2. The molecule has 17 heavy (non-hydrogen) atoms. The average molecular weight is 237 g/mol. The van der Waals surface area contributed by atoms with Crippen molar-refractivity contribution in [3.63, 3.8) is 0 Å². The van der Waals surface area contributed by atoms with E-state index >= 15 is 0 Å². The van der Waals surface area contributed by atoms with Gasteiger partial charge in [0, 0.05) is 19.3 Å². The lowest BCUT2D eigenvalue weighted by Crippen LogP contribution is -2.33. The summed E-state index contributed by atoms with van der Waals surface area (Å²) in [6.07, 6.45) is 2.32. The summed E-state index contributed by atoms with van der Waals surface area (Å²) in [5.74, 6) is -1.10. The minimum absolute atomic E-state index is 0.0596. The molecule has 0 aromatic heterocycles. The number of alkyl halides is 1. The zero-order valence-electron chi connectivity index (χ0n) is 9.06. The van der Waals surface area contributed by atoms with Crippen LogP contribution in [0.1, 0.15) is 6.42 Å². The molecule has 0 aromatic carbocycles. The smallest absolute Gasteiger partial charge is 0.337 e. The molecule has 6 heteroatoms. The zero-order valence-corrected chi connectivity index (χ0v) is 9.06. The van der Waals surface area contributed by atoms with Crippen LogP contribution in [0.4, 0.5) is 4.39 Å². The van der Waals surface area contributed by atoms with Crippen molar-refractivity contribution >= 4 is 5.97 Å². The predicted molar refractivity (Wildman–Crippen MR) is 57.4 cm³/mol. The first-order valence-corrected chi connectivity index (χ1v) is 5.32. The fraction of sp³-hybridized carbons (Fsp3) is 0.455. The first kappa shape index (κ1) is 11.5. The summed E-state index contributed by atoms with van der Waals surface area (Å²) in [4.78, 5) is 12.8. The maximum Gasteiger partial charge on any atom is 0.337 e. The van der Waals surface area contributed by atoms with E-state index in [0.717, 1.165) is 0 Å². The van der Waals surface area contributed by atoms with E-state index in [2.05, 4.69) is 5.32 Å². The summed E-state index contributed by atoms with van der Waals surface area (Å²) < 4.78 is 13.1. The lowest BCUT2D eigenvalue weighted by atomic mass is 10.1. The summed E-state index contributed by atoms with van der Waals surface area (Å²) >= 11 is 0.